The Hall–Kier alpha value is -2.31. The lowest BCUT2D eigenvalue weighted by Gasteiger charge is -2.00. The molecule has 7 nitrogen and oxygen atoms in total. The van der Waals surface area contributed by atoms with Crippen molar-refractivity contribution in [1.29, 1.82) is 0 Å². The number of nitrogens with two attached hydrogens (primary N) is 1. The minimum atomic E-state index is -0.319. The normalized spacial score (nSPS) is 12.8. The summed E-state index contributed by atoms with van der Waals surface area (Å²) in [5.41, 5.74) is 5.84. The summed E-state index contributed by atoms with van der Waals surface area (Å²) in [6, 6.07) is 0. The second kappa shape index (κ2) is 3.37. The third kappa shape index (κ3) is 1.52. The van der Waals surface area contributed by atoms with Crippen molar-refractivity contribution in [2.45, 2.75) is 13.8 Å². The van der Waals surface area contributed by atoms with Gasteiger partial charge in [-0.2, -0.15) is 0 Å². The smallest absolute Gasteiger partial charge is 0.199 e. The zero-order chi connectivity index (χ0) is 11.9. The predicted molar refractivity (Wildman–Crippen MR) is 56.0 cm³/mol. The first-order chi connectivity index (χ1) is 7.49. The van der Waals surface area contributed by atoms with Crippen LogP contribution in [0.5, 0.6) is 0 Å². The Morgan fingerprint density at radius 2 is 1.81 bits per heavy atom. The number of fused-ring (bicyclic) bond motifs is 1. The molecule has 0 atom stereocenters. The molecule has 0 spiro atoms. The molecule has 0 bridgehead atoms. The standard InChI is InChI=1S/C9H8N5O2/c1-3(15)7-11-5-6(10)12-8(4(2)16)14-9(5)13-7/h1-2H3,(H2,10,12,14). The molecule has 0 saturated heterocycles. The van der Waals surface area contributed by atoms with Crippen LogP contribution in [-0.2, 0) is 4.79 Å². The van der Waals surface area contributed by atoms with Crippen molar-refractivity contribution in [3.8, 4) is 0 Å². The van der Waals surface area contributed by atoms with Crippen molar-refractivity contribution >= 4 is 34.7 Å². The molecule has 7 heteroatoms. The molecule has 1 aliphatic rings. The van der Waals surface area contributed by atoms with E-state index in [-0.39, 0.29) is 40.5 Å². The summed E-state index contributed by atoms with van der Waals surface area (Å²) in [5.74, 6) is -0.391. The van der Waals surface area contributed by atoms with E-state index in [1.54, 1.807) is 0 Å². The Morgan fingerprint density at radius 1 is 1.12 bits per heavy atom. The fraction of sp³-hybridized carbons (Fsp3) is 0.222. The van der Waals surface area contributed by atoms with Crippen LogP contribution in [0.4, 0.5) is 17.3 Å². The Labute approximate surface area is 90.8 Å². The van der Waals surface area contributed by atoms with Gasteiger partial charge in [0.15, 0.2) is 40.5 Å². The van der Waals surface area contributed by atoms with E-state index in [0.29, 0.717) is 0 Å². The van der Waals surface area contributed by atoms with Gasteiger partial charge in [-0.25, -0.2) is 20.3 Å². The van der Waals surface area contributed by atoms with E-state index in [1.807, 2.05) is 0 Å². The highest BCUT2D eigenvalue weighted by Gasteiger charge is 2.25. The number of aliphatic imine (C=N–C) groups is 1. The maximum atomic E-state index is 11.1. The molecule has 2 N–H and O–H groups in total. The molecule has 0 saturated carbocycles. The van der Waals surface area contributed by atoms with Crippen molar-refractivity contribution in [2.75, 3.05) is 5.73 Å². The number of ketones is 2. The lowest BCUT2D eigenvalue weighted by Crippen LogP contribution is -2.16. The highest BCUT2D eigenvalue weighted by molar-refractivity contribution is 6.40. The van der Waals surface area contributed by atoms with Crippen LogP contribution < -0.4 is 11.1 Å². The van der Waals surface area contributed by atoms with E-state index in [9.17, 15) is 9.59 Å². The molecule has 2 heterocycles. The van der Waals surface area contributed by atoms with Gasteiger partial charge in [0.2, 0.25) is 0 Å². The molecule has 1 aromatic rings. The van der Waals surface area contributed by atoms with Crippen LogP contribution in [0.3, 0.4) is 0 Å². The number of hydrogen-bond donors (Lipinski definition) is 1. The van der Waals surface area contributed by atoms with Crippen molar-refractivity contribution < 1.29 is 9.59 Å². The van der Waals surface area contributed by atoms with Crippen LogP contribution in [0.2, 0.25) is 0 Å². The first kappa shape index (κ1) is 10.2. The average Bonchev–Trinajstić information content (AvgIpc) is 2.61. The lowest BCUT2D eigenvalue weighted by atomic mass is 10.3. The highest BCUT2D eigenvalue weighted by Crippen LogP contribution is 2.33. The fourth-order valence-corrected chi connectivity index (χ4v) is 1.19. The molecule has 0 unspecified atom stereocenters. The number of aromatic nitrogens is 2. The minimum Gasteiger partial charge on any atom is -0.382 e. The molecule has 0 fully saturated rings. The zero-order valence-electron chi connectivity index (χ0n) is 8.68. The van der Waals surface area contributed by atoms with E-state index in [0.717, 1.165) is 0 Å². The topological polar surface area (TPSA) is 112 Å². The second-order valence-corrected chi connectivity index (χ2v) is 3.26. The molecular weight excluding hydrogens is 210 g/mol. The van der Waals surface area contributed by atoms with Gasteiger partial charge in [0.25, 0.3) is 0 Å². The molecule has 1 aliphatic heterocycles. The third-order valence-electron chi connectivity index (χ3n) is 1.95. The third-order valence-corrected chi connectivity index (χ3v) is 1.95. The maximum absolute atomic E-state index is 11.1. The summed E-state index contributed by atoms with van der Waals surface area (Å²) in [5, 5.41) is 3.87. The van der Waals surface area contributed by atoms with Gasteiger partial charge >= 0.3 is 0 Å². The van der Waals surface area contributed by atoms with Crippen molar-refractivity contribution in [2.24, 2.45) is 4.99 Å². The molecule has 0 aliphatic carbocycles. The van der Waals surface area contributed by atoms with E-state index in [4.69, 9.17) is 5.73 Å². The molecule has 2 rings (SSSR count). The van der Waals surface area contributed by atoms with Crippen molar-refractivity contribution in [3.05, 3.63) is 5.82 Å². The Bertz CT molecular complexity index is 535. The number of amidine groups is 1. The number of hydrogen-bond acceptors (Lipinski definition) is 6. The molecule has 1 aromatic heterocycles. The fourth-order valence-electron chi connectivity index (χ4n) is 1.19. The maximum Gasteiger partial charge on any atom is 0.199 e. The summed E-state index contributed by atoms with van der Waals surface area (Å²) < 4.78 is 0. The van der Waals surface area contributed by atoms with E-state index < -0.39 is 0 Å². The Kier molecular flexibility index (Phi) is 2.15. The number of carbonyl (C=O) groups is 2. The number of nitrogens with zero attached hydrogens (tertiary/aromatic N) is 4. The zero-order valence-corrected chi connectivity index (χ0v) is 8.68. The predicted octanol–water partition coefficient (Wildman–Crippen LogP) is 0.130. The summed E-state index contributed by atoms with van der Waals surface area (Å²) in [4.78, 5) is 33.7. The first-order valence-corrected chi connectivity index (χ1v) is 4.49. The molecule has 16 heavy (non-hydrogen) atoms. The first-order valence-electron chi connectivity index (χ1n) is 4.49. The lowest BCUT2D eigenvalue weighted by molar-refractivity contribution is -0.111. The quantitative estimate of drug-likeness (QED) is 0.709. The van der Waals surface area contributed by atoms with Crippen LogP contribution in [0.1, 0.15) is 24.5 Å². The SMILES string of the molecule is CC(=O)C1=Nc2c(N)nc(C(C)=O)nc2[N]1. The molecule has 0 amide bonds. The van der Waals surface area contributed by atoms with Gasteiger partial charge < -0.3 is 5.73 Å². The average molecular weight is 218 g/mol. The van der Waals surface area contributed by atoms with Crippen LogP contribution in [0, 0.1) is 0 Å². The van der Waals surface area contributed by atoms with E-state index >= 15 is 0 Å². The monoisotopic (exact) mass is 218 g/mol. The highest BCUT2D eigenvalue weighted by atomic mass is 16.1. The van der Waals surface area contributed by atoms with Gasteiger partial charge in [0, 0.05) is 13.8 Å². The van der Waals surface area contributed by atoms with E-state index in [1.165, 1.54) is 13.8 Å². The Balaban J connectivity index is 2.50. The van der Waals surface area contributed by atoms with Gasteiger partial charge in [-0.1, -0.05) is 0 Å². The Morgan fingerprint density at radius 3 is 2.38 bits per heavy atom. The second-order valence-electron chi connectivity index (χ2n) is 3.26. The summed E-state index contributed by atoms with van der Waals surface area (Å²) >= 11 is 0. The van der Waals surface area contributed by atoms with Gasteiger partial charge in [-0.05, 0) is 0 Å². The largest absolute Gasteiger partial charge is 0.382 e. The number of nitrogen functional groups attached to an aromatic ring is 1. The van der Waals surface area contributed by atoms with Gasteiger partial charge in [0.1, 0.15) is 0 Å². The molecular formula is C9H8N5O2. The molecule has 1 radical (unpaired) electrons. The van der Waals surface area contributed by atoms with Crippen LogP contribution in [0.15, 0.2) is 4.99 Å². The van der Waals surface area contributed by atoms with Crippen molar-refractivity contribution in [1.82, 2.24) is 15.3 Å². The van der Waals surface area contributed by atoms with Gasteiger partial charge in [-0.3, -0.25) is 9.59 Å². The van der Waals surface area contributed by atoms with Crippen molar-refractivity contribution in [3.63, 3.8) is 0 Å². The van der Waals surface area contributed by atoms with Gasteiger partial charge in [0.05, 0.1) is 0 Å². The summed E-state index contributed by atoms with van der Waals surface area (Å²) in [6.07, 6.45) is 0. The number of Topliss-reactive ketones (excluding diaryl/α,β-unsaturated/α-hetero) is 2. The van der Waals surface area contributed by atoms with E-state index in [2.05, 4.69) is 20.3 Å². The van der Waals surface area contributed by atoms with Crippen LogP contribution in [0.25, 0.3) is 0 Å². The number of carbonyl (C=O) groups excluding carboxylic acids is 2. The summed E-state index contributed by atoms with van der Waals surface area (Å²) in [7, 11) is 0. The van der Waals surface area contributed by atoms with Gasteiger partial charge in [-0.15, -0.1) is 0 Å². The van der Waals surface area contributed by atoms with Crippen LogP contribution in [-0.4, -0.2) is 27.4 Å². The number of anilines is 1. The molecule has 0 aromatic carbocycles. The summed E-state index contributed by atoms with van der Waals surface area (Å²) in [6.45, 7) is 2.66. The minimum absolute atomic E-state index is 0.0247. The number of rotatable bonds is 2. The molecule has 81 valence electrons. The van der Waals surface area contributed by atoms with Crippen LogP contribution >= 0.6 is 0 Å².